The maximum Gasteiger partial charge on any atom is 0.311 e. The first kappa shape index (κ1) is 46.2. The number of methoxy groups -OCH3 is 1. The minimum Gasteiger partial charge on any atom is -0.459 e. The van der Waals surface area contributed by atoms with Crippen molar-refractivity contribution in [3.63, 3.8) is 0 Å². The summed E-state index contributed by atoms with van der Waals surface area (Å²) in [4.78, 5) is 30.4. The normalized spacial score (nSPS) is 46.3. The number of aliphatic hydroxyl groups is 2. The molecular formula is C41H75N3O11. The number of amides is 1. The molecule has 0 aromatic rings. The molecule has 1 amide bonds. The van der Waals surface area contributed by atoms with Gasteiger partial charge in [-0.25, -0.2) is 0 Å². The van der Waals surface area contributed by atoms with Crippen LogP contribution in [0.25, 0.3) is 0 Å². The lowest BCUT2D eigenvalue weighted by molar-refractivity contribution is -0.293. The molecule has 3 aliphatic heterocycles. The summed E-state index contributed by atoms with van der Waals surface area (Å²) in [5.41, 5.74) is 2.44. The lowest BCUT2D eigenvalue weighted by Gasteiger charge is -2.48. The highest BCUT2D eigenvalue weighted by Crippen LogP contribution is 2.57. The van der Waals surface area contributed by atoms with E-state index in [9.17, 15) is 19.8 Å². The topological polar surface area (TPSA) is 180 Å². The van der Waals surface area contributed by atoms with Gasteiger partial charge in [0.1, 0.15) is 17.8 Å². The highest BCUT2D eigenvalue weighted by atomic mass is 16.7. The van der Waals surface area contributed by atoms with Crippen molar-refractivity contribution < 1.29 is 53.0 Å². The Labute approximate surface area is 330 Å². The van der Waals surface area contributed by atoms with Crippen molar-refractivity contribution in [1.82, 2.24) is 10.2 Å². The number of aliphatic hydroxyl groups excluding tert-OH is 1. The zero-order chi connectivity index (χ0) is 41.0. The van der Waals surface area contributed by atoms with Gasteiger partial charge in [-0.15, -0.1) is 0 Å². The molecular weight excluding hydrogens is 710 g/mol. The first-order valence-electron chi connectivity index (χ1n) is 20.9. The molecule has 0 bridgehead atoms. The van der Waals surface area contributed by atoms with Crippen molar-refractivity contribution >= 4 is 11.9 Å². The summed E-state index contributed by atoms with van der Waals surface area (Å²) in [6, 6.07) is -0.648. The molecule has 1 aliphatic carbocycles. The van der Waals surface area contributed by atoms with Crippen molar-refractivity contribution in [1.29, 1.82) is 0 Å². The number of ether oxygens (including phenoxy) is 7. The van der Waals surface area contributed by atoms with E-state index in [4.69, 9.17) is 38.9 Å². The van der Waals surface area contributed by atoms with E-state index in [-0.39, 0.29) is 48.5 Å². The highest BCUT2D eigenvalue weighted by molar-refractivity contribution is 5.78. The molecule has 320 valence electrons. The van der Waals surface area contributed by atoms with Gasteiger partial charge in [-0.05, 0) is 99.7 Å². The van der Waals surface area contributed by atoms with Crippen LogP contribution in [-0.2, 0) is 42.7 Å². The summed E-state index contributed by atoms with van der Waals surface area (Å²) in [5.74, 6) is -2.68. The van der Waals surface area contributed by atoms with Crippen LogP contribution in [0.5, 0.6) is 0 Å². The van der Waals surface area contributed by atoms with Crippen LogP contribution in [0.3, 0.4) is 0 Å². The van der Waals surface area contributed by atoms with Gasteiger partial charge in [0.2, 0.25) is 5.91 Å². The number of carbonyl (C=O) groups excluding carboxylic acids is 2. The molecule has 14 nitrogen and oxygen atoms in total. The second-order valence-corrected chi connectivity index (χ2v) is 17.6. The van der Waals surface area contributed by atoms with E-state index in [0.717, 1.165) is 19.3 Å². The maximum absolute atomic E-state index is 14.4. The van der Waals surface area contributed by atoms with E-state index in [2.05, 4.69) is 24.3 Å². The van der Waals surface area contributed by atoms with Gasteiger partial charge in [-0.3, -0.25) is 9.59 Å². The summed E-state index contributed by atoms with van der Waals surface area (Å²) in [6.45, 7) is 17.6. The molecule has 1 saturated carbocycles. The van der Waals surface area contributed by atoms with Crippen LogP contribution in [0, 0.1) is 23.7 Å². The van der Waals surface area contributed by atoms with Crippen LogP contribution in [0.2, 0.25) is 0 Å². The third-order valence-electron chi connectivity index (χ3n) is 13.3. The summed E-state index contributed by atoms with van der Waals surface area (Å²) >= 11 is 0. The zero-order valence-electron chi connectivity index (χ0n) is 35.7. The van der Waals surface area contributed by atoms with Gasteiger partial charge >= 0.3 is 5.97 Å². The van der Waals surface area contributed by atoms with Gasteiger partial charge in [0.15, 0.2) is 12.6 Å². The molecule has 3 saturated heterocycles. The first-order valence-corrected chi connectivity index (χ1v) is 20.9. The van der Waals surface area contributed by atoms with Gasteiger partial charge in [-0.2, -0.15) is 0 Å². The Morgan fingerprint density at radius 2 is 1.65 bits per heavy atom. The lowest BCUT2D eigenvalue weighted by atomic mass is 9.75. The number of fused-ring (bicyclic) bond motifs is 1. The molecule has 3 heterocycles. The Balaban J connectivity index is 1.79. The molecule has 14 heteroatoms. The first-order chi connectivity index (χ1) is 25.8. The SMILES string of the molecule is CC[C@H]1OC(=O)[C@H](C)[C@@H](O[C@H]2C[C@@H]3CC3(OCCCN)[C@H](C)O2)[C@H](C)[C@@H](O[C@H]2C[C@@H](N(C)C)C[C@@H](C)O2)[C@](CC)(OC)C[C@@H](C)C(=O)N[C@H](C)[C@@H](O)[C@]1(C)O. The van der Waals surface area contributed by atoms with E-state index in [0.29, 0.717) is 32.4 Å². The van der Waals surface area contributed by atoms with Crippen molar-refractivity contribution in [2.45, 2.75) is 192 Å². The van der Waals surface area contributed by atoms with E-state index in [1.54, 1.807) is 27.9 Å². The molecule has 1 unspecified atom stereocenters. The van der Waals surface area contributed by atoms with Crippen LogP contribution in [0.1, 0.15) is 114 Å². The molecule has 0 aromatic carbocycles. The third kappa shape index (κ3) is 10.2. The number of nitrogens with two attached hydrogens (primary N) is 1. The van der Waals surface area contributed by atoms with Crippen molar-refractivity contribution in [3.05, 3.63) is 0 Å². The van der Waals surface area contributed by atoms with E-state index >= 15 is 0 Å². The van der Waals surface area contributed by atoms with Crippen LogP contribution >= 0.6 is 0 Å². The maximum atomic E-state index is 14.4. The van der Waals surface area contributed by atoms with Crippen LogP contribution < -0.4 is 11.1 Å². The number of nitrogens with one attached hydrogen (secondary N) is 1. The van der Waals surface area contributed by atoms with Crippen molar-refractivity contribution in [2.24, 2.45) is 29.4 Å². The van der Waals surface area contributed by atoms with Gasteiger partial charge in [-0.1, -0.05) is 27.7 Å². The molecule has 0 radical (unpaired) electrons. The highest BCUT2D eigenvalue weighted by Gasteiger charge is 2.64. The minimum absolute atomic E-state index is 0.0670. The second-order valence-electron chi connectivity index (χ2n) is 17.6. The Bertz CT molecular complexity index is 1250. The average Bonchev–Trinajstić information content (AvgIpc) is 3.87. The Morgan fingerprint density at radius 3 is 2.24 bits per heavy atom. The summed E-state index contributed by atoms with van der Waals surface area (Å²) in [5, 5.41) is 26.0. The largest absolute Gasteiger partial charge is 0.459 e. The quantitative estimate of drug-likeness (QED) is 0.167. The number of rotatable bonds is 12. The second kappa shape index (κ2) is 19.1. The predicted molar refractivity (Wildman–Crippen MR) is 207 cm³/mol. The lowest BCUT2D eigenvalue weighted by Crippen LogP contribution is -2.59. The molecule has 4 fully saturated rings. The number of carbonyl (C=O) groups is 2. The van der Waals surface area contributed by atoms with E-state index < -0.39 is 78.0 Å². The number of hydrogen-bond donors (Lipinski definition) is 4. The molecule has 17 atom stereocenters. The van der Waals surface area contributed by atoms with Crippen molar-refractivity contribution in [3.8, 4) is 0 Å². The van der Waals surface area contributed by atoms with Crippen LogP contribution in [-0.4, -0.2) is 139 Å². The zero-order valence-corrected chi connectivity index (χ0v) is 35.7. The van der Waals surface area contributed by atoms with Gasteiger partial charge < -0.3 is 59.3 Å². The average molecular weight is 786 g/mol. The van der Waals surface area contributed by atoms with E-state index in [1.165, 1.54) is 6.92 Å². The standard InChI is InChI=1S/C41H75N3O11/c1-13-31-39(9,48)35(45)27(7)43-37(46)23(3)21-40(14-2,49-12)36(55-33-20-30(44(10)11)18-24(4)51-33)25(5)34(26(6)38(47)53-31)54-32-19-29-22-41(29,28(8)52-32)50-17-15-16-42/h23-36,45,48H,13-22,42H2,1-12H3,(H,43,46)/t23-,24-,25+,26-,27-,28+,29-,30+,31-,32+,33+,34+,35-,36-,39-,40-,41?/m1/s1. The van der Waals surface area contributed by atoms with Crippen LogP contribution in [0.4, 0.5) is 0 Å². The molecule has 0 spiro atoms. The fourth-order valence-corrected chi connectivity index (χ4v) is 9.54. The predicted octanol–water partition coefficient (Wildman–Crippen LogP) is 3.52. The Kier molecular flexibility index (Phi) is 16.0. The minimum atomic E-state index is -1.88. The van der Waals surface area contributed by atoms with Gasteiger partial charge in [0.25, 0.3) is 0 Å². The van der Waals surface area contributed by atoms with Crippen molar-refractivity contribution in [2.75, 3.05) is 34.4 Å². The number of nitrogens with zero attached hydrogens (tertiary/aromatic N) is 1. The van der Waals surface area contributed by atoms with E-state index in [1.807, 2.05) is 34.6 Å². The Morgan fingerprint density at radius 1 is 0.982 bits per heavy atom. The molecule has 0 aromatic heterocycles. The molecule has 5 N–H and O–H groups in total. The molecule has 4 rings (SSSR count). The summed E-state index contributed by atoms with van der Waals surface area (Å²) < 4.78 is 46.0. The monoisotopic (exact) mass is 786 g/mol. The van der Waals surface area contributed by atoms with Gasteiger partial charge in [0.05, 0.1) is 47.6 Å². The molecule has 55 heavy (non-hydrogen) atoms. The number of esters is 1. The fourth-order valence-electron chi connectivity index (χ4n) is 9.54. The Hall–Kier alpha value is -1.46. The molecule has 4 aliphatic rings. The summed E-state index contributed by atoms with van der Waals surface area (Å²) in [6.07, 6.45) is -1.06. The van der Waals surface area contributed by atoms with Crippen LogP contribution in [0.15, 0.2) is 0 Å². The fraction of sp³-hybridized carbons (Fsp3) is 0.951. The summed E-state index contributed by atoms with van der Waals surface area (Å²) in [7, 11) is 5.74. The third-order valence-corrected chi connectivity index (χ3v) is 13.3. The van der Waals surface area contributed by atoms with Gasteiger partial charge in [0, 0.05) is 44.4 Å². The smallest absolute Gasteiger partial charge is 0.311 e. The number of hydrogen-bond acceptors (Lipinski definition) is 13. The number of cyclic esters (lactones) is 1.